The average molecular weight is 266 g/mol. The van der Waals surface area contributed by atoms with Gasteiger partial charge in [-0.3, -0.25) is 0 Å². The summed E-state index contributed by atoms with van der Waals surface area (Å²) in [6, 6.07) is 0. The minimum atomic E-state index is 0.814. The lowest BCUT2D eigenvalue weighted by Gasteiger charge is -2.27. The largest absolute Gasteiger partial charge is 0.481 e. The molecule has 5 nitrogen and oxygen atoms in total. The Morgan fingerprint density at radius 1 is 1.42 bits per heavy atom. The molecule has 1 N–H and O–H groups in total. The smallest absolute Gasteiger partial charge is 0.216 e. The number of hydrogen-bond donors (Lipinski definition) is 1. The van der Waals surface area contributed by atoms with Crippen LogP contribution in [0, 0.1) is 12.8 Å². The van der Waals surface area contributed by atoms with E-state index in [1.807, 2.05) is 11.7 Å². The predicted molar refractivity (Wildman–Crippen MR) is 76.4 cm³/mol. The lowest BCUT2D eigenvalue weighted by atomic mass is 9.97. The van der Waals surface area contributed by atoms with Crippen LogP contribution >= 0.6 is 0 Å². The van der Waals surface area contributed by atoms with Gasteiger partial charge in [0.25, 0.3) is 0 Å². The molecule has 1 fully saturated rings. The zero-order valence-electron chi connectivity index (χ0n) is 12.6. The first-order valence-electron chi connectivity index (χ1n) is 7.07. The van der Waals surface area contributed by atoms with Crippen molar-refractivity contribution in [3.05, 3.63) is 11.3 Å². The molecule has 5 heteroatoms. The van der Waals surface area contributed by atoms with Gasteiger partial charge in [0, 0.05) is 20.1 Å². The summed E-state index contributed by atoms with van der Waals surface area (Å²) in [5.41, 5.74) is 2.28. The summed E-state index contributed by atoms with van der Waals surface area (Å²) in [5.74, 6) is 1.70. The van der Waals surface area contributed by atoms with E-state index in [2.05, 4.69) is 29.3 Å². The molecule has 1 aliphatic heterocycles. The highest BCUT2D eigenvalue weighted by Gasteiger charge is 2.19. The number of nitrogens with zero attached hydrogens (tertiary/aromatic N) is 3. The Kier molecular flexibility index (Phi) is 4.82. The SMILES string of the molecule is COc1c(CN(C)CC2CCNCC2)c(C)nn1C. The van der Waals surface area contributed by atoms with Gasteiger partial charge in [-0.2, -0.15) is 5.10 Å². The van der Waals surface area contributed by atoms with Crippen molar-refractivity contribution in [1.82, 2.24) is 20.0 Å². The molecule has 1 aliphatic rings. The number of nitrogens with one attached hydrogen (secondary N) is 1. The standard InChI is InChI=1S/C14H26N4O/c1-11-13(14(19-4)18(3)16-11)10-17(2)9-12-5-7-15-8-6-12/h12,15H,5-10H2,1-4H3. The van der Waals surface area contributed by atoms with E-state index in [0.29, 0.717) is 0 Å². The Labute approximate surface area is 115 Å². The van der Waals surface area contributed by atoms with E-state index in [9.17, 15) is 0 Å². The summed E-state index contributed by atoms with van der Waals surface area (Å²) in [6.45, 7) is 6.43. The van der Waals surface area contributed by atoms with Crippen molar-refractivity contribution in [3.63, 3.8) is 0 Å². The van der Waals surface area contributed by atoms with Crippen LogP contribution in [0.5, 0.6) is 5.88 Å². The third-order valence-corrected chi connectivity index (χ3v) is 3.94. The number of rotatable bonds is 5. The Balaban J connectivity index is 1.96. The van der Waals surface area contributed by atoms with Gasteiger partial charge in [-0.15, -0.1) is 0 Å². The summed E-state index contributed by atoms with van der Waals surface area (Å²) in [4.78, 5) is 2.39. The van der Waals surface area contributed by atoms with Crippen molar-refractivity contribution in [1.29, 1.82) is 0 Å². The van der Waals surface area contributed by atoms with Crippen LogP contribution in [0.1, 0.15) is 24.1 Å². The maximum absolute atomic E-state index is 5.45. The van der Waals surface area contributed by atoms with E-state index >= 15 is 0 Å². The Hall–Kier alpha value is -1.07. The quantitative estimate of drug-likeness (QED) is 0.869. The van der Waals surface area contributed by atoms with E-state index in [0.717, 1.165) is 43.7 Å². The summed E-state index contributed by atoms with van der Waals surface area (Å²) >= 11 is 0. The molecule has 0 spiro atoms. The fourth-order valence-corrected chi connectivity index (χ4v) is 2.96. The highest BCUT2D eigenvalue weighted by molar-refractivity contribution is 5.30. The summed E-state index contributed by atoms with van der Waals surface area (Å²) < 4.78 is 7.27. The molecule has 108 valence electrons. The highest BCUT2D eigenvalue weighted by Crippen LogP contribution is 2.23. The molecular weight excluding hydrogens is 240 g/mol. The van der Waals surface area contributed by atoms with Crippen molar-refractivity contribution >= 4 is 0 Å². The molecule has 0 bridgehead atoms. The number of aryl methyl sites for hydroxylation is 2. The third-order valence-electron chi connectivity index (χ3n) is 3.94. The van der Waals surface area contributed by atoms with Crippen LogP contribution < -0.4 is 10.1 Å². The predicted octanol–water partition coefficient (Wildman–Crippen LogP) is 1.17. The zero-order valence-corrected chi connectivity index (χ0v) is 12.6. The van der Waals surface area contributed by atoms with Gasteiger partial charge in [0.1, 0.15) is 0 Å². The van der Waals surface area contributed by atoms with Crippen molar-refractivity contribution in [2.75, 3.05) is 33.8 Å². The second kappa shape index (κ2) is 6.39. The van der Waals surface area contributed by atoms with Crippen molar-refractivity contribution in [2.45, 2.75) is 26.3 Å². The van der Waals surface area contributed by atoms with Crippen LogP contribution in [-0.2, 0) is 13.6 Å². The summed E-state index contributed by atoms with van der Waals surface area (Å²) in [6.07, 6.45) is 2.57. The van der Waals surface area contributed by atoms with E-state index in [1.54, 1.807) is 7.11 Å². The molecule has 0 unspecified atom stereocenters. The molecule has 2 rings (SSSR count). The molecule has 1 saturated heterocycles. The molecule has 1 aromatic rings. The maximum atomic E-state index is 5.45. The average Bonchev–Trinajstić information content (AvgIpc) is 2.65. The minimum absolute atomic E-state index is 0.814. The maximum Gasteiger partial charge on any atom is 0.216 e. The Bertz CT molecular complexity index is 410. The van der Waals surface area contributed by atoms with Crippen molar-refractivity contribution in [3.8, 4) is 5.88 Å². The van der Waals surface area contributed by atoms with Gasteiger partial charge in [-0.25, -0.2) is 4.68 Å². The Morgan fingerprint density at radius 2 is 2.11 bits per heavy atom. The molecule has 0 atom stereocenters. The normalized spacial score (nSPS) is 17.1. The van der Waals surface area contributed by atoms with Gasteiger partial charge >= 0.3 is 0 Å². The van der Waals surface area contributed by atoms with E-state index in [4.69, 9.17) is 4.74 Å². The van der Waals surface area contributed by atoms with Crippen LogP contribution in [0.4, 0.5) is 0 Å². The molecule has 0 saturated carbocycles. The molecule has 0 radical (unpaired) electrons. The number of aromatic nitrogens is 2. The van der Waals surface area contributed by atoms with Gasteiger partial charge in [-0.1, -0.05) is 0 Å². The Morgan fingerprint density at radius 3 is 2.74 bits per heavy atom. The van der Waals surface area contributed by atoms with Crippen LogP contribution in [0.2, 0.25) is 0 Å². The molecule has 19 heavy (non-hydrogen) atoms. The second-order valence-corrected chi connectivity index (χ2v) is 5.59. The molecule has 1 aromatic heterocycles. The van der Waals surface area contributed by atoms with Gasteiger partial charge in [0.15, 0.2) is 0 Å². The lowest BCUT2D eigenvalue weighted by molar-refractivity contribution is 0.231. The zero-order chi connectivity index (χ0) is 13.8. The van der Waals surface area contributed by atoms with Gasteiger partial charge in [0.2, 0.25) is 5.88 Å². The van der Waals surface area contributed by atoms with E-state index in [1.165, 1.54) is 18.4 Å². The number of ether oxygens (including phenoxy) is 1. The third kappa shape index (κ3) is 3.48. The number of piperidine rings is 1. The van der Waals surface area contributed by atoms with Crippen LogP contribution in [-0.4, -0.2) is 48.5 Å². The first-order chi connectivity index (χ1) is 9.11. The minimum Gasteiger partial charge on any atom is -0.481 e. The molecular formula is C14H26N4O. The highest BCUT2D eigenvalue weighted by atomic mass is 16.5. The van der Waals surface area contributed by atoms with Crippen LogP contribution in [0.15, 0.2) is 0 Å². The molecule has 0 aliphatic carbocycles. The second-order valence-electron chi connectivity index (χ2n) is 5.59. The van der Waals surface area contributed by atoms with E-state index < -0.39 is 0 Å². The summed E-state index contributed by atoms with van der Waals surface area (Å²) in [7, 11) is 5.84. The fraction of sp³-hybridized carbons (Fsp3) is 0.786. The lowest BCUT2D eigenvalue weighted by Crippen LogP contribution is -2.34. The number of hydrogen-bond acceptors (Lipinski definition) is 4. The fourth-order valence-electron chi connectivity index (χ4n) is 2.96. The topological polar surface area (TPSA) is 42.3 Å². The van der Waals surface area contributed by atoms with Crippen molar-refractivity contribution < 1.29 is 4.74 Å². The van der Waals surface area contributed by atoms with Gasteiger partial charge in [0.05, 0.1) is 18.4 Å². The summed E-state index contributed by atoms with van der Waals surface area (Å²) in [5, 5.41) is 7.85. The van der Waals surface area contributed by atoms with Crippen LogP contribution in [0.3, 0.4) is 0 Å². The monoisotopic (exact) mass is 266 g/mol. The molecule has 0 amide bonds. The van der Waals surface area contributed by atoms with Crippen molar-refractivity contribution in [2.24, 2.45) is 13.0 Å². The van der Waals surface area contributed by atoms with Crippen LogP contribution in [0.25, 0.3) is 0 Å². The first-order valence-corrected chi connectivity index (χ1v) is 7.07. The molecule has 2 heterocycles. The van der Waals surface area contributed by atoms with E-state index in [-0.39, 0.29) is 0 Å². The van der Waals surface area contributed by atoms with Gasteiger partial charge in [-0.05, 0) is 45.8 Å². The number of methoxy groups -OCH3 is 1. The van der Waals surface area contributed by atoms with Gasteiger partial charge < -0.3 is 15.0 Å². The first kappa shape index (κ1) is 14.3. The molecule has 0 aromatic carbocycles.